The highest BCUT2D eigenvalue weighted by Gasteiger charge is 2.23. The first-order valence-corrected chi connectivity index (χ1v) is 9.18. The highest BCUT2D eigenvalue weighted by molar-refractivity contribution is 7.89. The van der Waals surface area contributed by atoms with E-state index in [-0.39, 0.29) is 26.5 Å². The lowest BCUT2D eigenvalue weighted by Crippen LogP contribution is -2.30. The molecule has 0 aliphatic heterocycles. The molecule has 2 N–H and O–H groups in total. The van der Waals surface area contributed by atoms with Crippen LogP contribution < -0.4 is 10.0 Å². The highest BCUT2D eigenvalue weighted by atomic mass is 35.5. The van der Waals surface area contributed by atoms with E-state index in [1.54, 1.807) is 32.0 Å². The molecule has 1 amide bonds. The second-order valence-corrected chi connectivity index (χ2v) is 7.70. The van der Waals surface area contributed by atoms with E-state index in [1.807, 2.05) is 0 Å². The van der Waals surface area contributed by atoms with Gasteiger partial charge in [0.1, 0.15) is 10.7 Å². The summed E-state index contributed by atoms with van der Waals surface area (Å²) in [7, 11) is -3.87. The van der Waals surface area contributed by atoms with Crippen molar-refractivity contribution in [3.8, 4) is 0 Å². The van der Waals surface area contributed by atoms with Crippen LogP contribution in [0.3, 0.4) is 0 Å². The molecule has 0 fully saturated rings. The van der Waals surface area contributed by atoms with Gasteiger partial charge in [0.15, 0.2) is 0 Å². The third-order valence-electron chi connectivity index (χ3n) is 2.85. The third-order valence-corrected chi connectivity index (χ3v) is 5.29. The van der Waals surface area contributed by atoms with Crippen molar-refractivity contribution in [2.24, 2.45) is 0 Å². The third kappa shape index (κ3) is 4.45. The van der Waals surface area contributed by atoms with E-state index in [4.69, 9.17) is 23.2 Å². The summed E-state index contributed by atoms with van der Waals surface area (Å²) < 4.78 is 27.1. The molecule has 2 rings (SSSR count). The summed E-state index contributed by atoms with van der Waals surface area (Å²) in [6.07, 6.45) is 1.52. The number of carbonyl (C=O) groups excluding carboxylic acids is 1. The van der Waals surface area contributed by atoms with Crippen molar-refractivity contribution in [3.63, 3.8) is 0 Å². The van der Waals surface area contributed by atoms with Crippen molar-refractivity contribution in [1.29, 1.82) is 0 Å². The van der Waals surface area contributed by atoms with Crippen LogP contribution in [0.15, 0.2) is 41.4 Å². The molecule has 0 spiro atoms. The van der Waals surface area contributed by atoms with E-state index in [2.05, 4.69) is 15.0 Å². The molecule has 0 bridgehead atoms. The number of halogens is 2. The average Bonchev–Trinajstić information content (AvgIpc) is 2.46. The molecule has 0 aliphatic rings. The summed E-state index contributed by atoms with van der Waals surface area (Å²) in [5.41, 5.74) is -0.0177. The zero-order valence-corrected chi connectivity index (χ0v) is 15.2. The molecule has 0 unspecified atom stereocenters. The maximum absolute atomic E-state index is 12.4. The number of hydrogen-bond acceptors (Lipinski definition) is 4. The molecule has 0 saturated heterocycles. The van der Waals surface area contributed by atoms with Crippen molar-refractivity contribution in [3.05, 3.63) is 52.1 Å². The molecule has 0 saturated carbocycles. The first kappa shape index (κ1) is 18.7. The van der Waals surface area contributed by atoms with Gasteiger partial charge in [-0.2, -0.15) is 0 Å². The number of carbonyl (C=O) groups is 1. The first-order chi connectivity index (χ1) is 11.2. The predicted octanol–water partition coefficient (Wildman–Crippen LogP) is 3.33. The van der Waals surface area contributed by atoms with Crippen molar-refractivity contribution in [2.45, 2.75) is 24.8 Å². The zero-order chi connectivity index (χ0) is 17.9. The van der Waals surface area contributed by atoms with Gasteiger partial charge >= 0.3 is 0 Å². The standard InChI is InChI=1S/C15H15Cl2N3O3S/c1-9(2)20-24(22,23)13-7-10(11(16)8-12(13)17)15(21)19-14-5-3-4-6-18-14/h3-9,20H,1-2H3,(H,18,19,21). The number of pyridine rings is 1. The Labute approximate surface area is 150 Å². The minimum atomic E-state index is -3.87. The molecule has 128 valence electrons. The number of hydrogen-bond donors (Lipinski definition) is 2. The van der Waals surface area contributed by atoms with E-state index in [0.29, 0.717) is 5.82 Å². The fourth-order valence-electron chi connectivity index (χ4n) is 1.90. The number of amides is 1. The van der Waals surface area contributed by atoms with Gasteiger partial charge in [0.2, 0.25) is 10.0 Å². The van der Waals surface area contributed by atoms with Gasteiger partial charge in [-0.1, -0.05) is 29.3 Å². The van der Waals surface area contributed by atoms with Gasteiger partial charge < -0.3 is 5.32 Å². The molecule has 6 nitrogen and oxygen atoms in total. The van der Waals surface area contributed by atoms with Crippen molar-refractivity contribution in [2.75, 3.05) is 5.32 Å². The van der Waals surface area contributed by atoms with Crippen LogP contribution in [0.5, 0.6) is 0 Å². The molecule has 9 heteroatoms. The number of nitrogens with zero attached hydrogens (tertiary/aromatic N) is 1. The maximum Gasteiger partial charge on any atom is 0.258 e. The minimum Gasteiger partial charge on any atom is -0.307 e. The predicted molar refractivity (Wildman–Crippen MR) is 94.1 cm³/mol. The summed E-state index contributed by atoms with van der Waals surface area (Å²) in [6, 6.07) is 7.05. The Morgan fingerprint density at radius 3 is 2.46 bits per heavy atom. The van der Waals surface area contributed by atoms with Crippen molar-refractivity contribution < 1.29 is 13.2 Å². The fraction of sp³-hybridized carbons (Fsp3) is 0.200. The largest absolute Gasteiger partial charge is 0.307 e. The van der Waals surface area contributed by atoms with Crippen LogP contribution in [0.2, 0.25) is 10.0 Å². The molecule has 0 aliphatic carbocycles. The van der Waals surface area contributed by atoms with Gasteiger partial charge in [-0.3, -0.25) is 4.79 Å². The Kier molecular flexibility index (Phi) is 5.82. The van der Waals surface area contributed by atoms with Gasteiger partial charge in [-0.15, -0.1) is 0 Å². The average molecular weight is 388 g/mol. The molecule has 1 aromatic carbocycles. The second-order valence-electron chi connectivity index (χ2n) is 5.21. The van der Waals surface area contributed by atoms with Gasteiger partial charge in [-0.25, -0.2) is 18.1 Å². The van der Waals surface area contributed by atoms with E-state index >= 15 is 0 Å². The molecular formula is C15H15Cl2N3O3S. The summed E-state index contributed by atoms with van der Waals surface area (Å²) in [5.74, 6) is -0.269. The topological polar surface area (TPSA) is 88.2 Å². The smallest absolute Gasteiger partial charge is 0.258 e. The minimum absolute atomic E-state index is 0.0177. The van der Waals surface area contributed by atoms with Gasteiger partial charge in [0, 0.05) is 12.2 Å². The Balaban J connectivity index is 2.41. The van der Waals surface area contributed by atoms with Crippen molar-refractivity contribution in [1.82, 2.24) is 9.71 Å². The number of sulfonamides is 1. The number of rotatable bonds is 5. The summed E-state index contributed by atoms with van der Waals surface area (Å²) >= 11 is 12.0. The summed E-state index contributed by atoms with van der Waals surface area (Å²) in [5, 5.41) is 2.52. The number of aromatic nitrogens is 1. The molecule has 1 aromatic heterocycles. The van der Waals surface area contributed by atoms with Crippen LogP contribution in [0.4, 0.5) is 5.82 Å². The number of nitrogens with one attached hydrogen (secondary N) is 2. The first-order valence-electron chi connectivity index (χ1n) is 6.94. The molecule has 0 radical (unpaired) electrons. The van der Waals surface area contributed by atoms with Crippen LogP contribution >= 0.6 is 23.2 Å². The highest BCUT2D eigenvalue weighted by Crippen LogP contribution is 2.29. The van der Waals surface area contributed by atoms with Crippen molar-refractivity contribution >= 4 is 45.0 Å². The van der Waals surface area contributed by atoms with Crippen LogP contribution in [-0.4, -0.2) is 25.4 Å². The van der Waals surface area contributed by atoms with E-state index in [0.717, 1.165) is 6.07 Å². The number of anilines is 1. The van der Waals surface area contributed by atoms with Gasteiger partial charge in [0.05, 0.1) is 15.6 Å². The lowest BCUT2D eigenvalue weighted by Gasteiger charge is -2.13. The molecular weight excluding hydrogens is 373 g/mol. The lowest BCUT2D eigenvalue weighted by atomic mass is 10.2. The Morgan fingerprint density at radius 1 is 1.17 bits per heavy atom. The van der Waals surface area contributed by atoms with Gasteiger partial charge in [0.25, 0.3) is 5.91 Å². The van der Waals surface area contributed by atoms with E-state index in [9.17, 15) is 13.2 Å². The molecule has 0 atom stereocenters. The molecule has 1 heterocycles. The quantitative estimate of drug-likeness (QED) is 0.823. The van der Waals surface area contributed by atoms with Crippen LogP contribution in [0.25, 0.3) is 0 Å². The second kappa shape index (κ2) is 7.48. The number of benzene rings is 1. The monoisotopic (exact) mass is 387 g/mol. The van der Waals surface area contributed by atoms with Crippen LogP contribution in [-0.2, 0) is 10.0 Å². The van der Waals surface area contributed by atoms with Gasteiger partial charge in [-0.05, 0) is 38.1 Å². The zero-order valence-electron chi connectivity index (χ0n) is 12.9. The molecule has 24 heavy (non-hydrogen) atoms. The Hall–Kier alpha value is -1.67. The van der Waals surface area contributed by atoms with E-state index in [1.165, 1.54) is 12.3 Å². The van der Waals surface area contributed by atoms with Crippen LogP contribution in [0.1, 0.15) is 24.2 Å². The SMILES string of the molecule is CC(C)NS(=O)(=O)c1cc(C(=O)Nc2ccccn2)c(Cl)cc1Cl. The lowest BCUT2D eigenvalue weighted by molar-refractivity contribution is 0.102. The normalized spacial score (nSPS) is 11.5. The Morgan fingerprint density at radius 2 is 1.88 bits per heavy atom. The fourth-order valence-corrected chi connectivity index (χ4v) is 4.01. The summed E-state index contributed by atoms with van der Waals surface area (Å²) in [6.45, 7) is 3.35. The maximum atomic E-state index is 12.4. The Bertz CT molecular complexity index is 856. The molecule has 2 aromatic rings. The van der Waals surface area contributed by atoms with Crippen LogP contribution in [0, 0.1) is 0 Å². The van der Waals surface area contributed by atoms with E-state index < -0.39 is 15.9 Å². The summed E-state index contributed by atoms with van der Waals surface area (Å²) in [4.78, 5) is 16.1.